The van der Waals surface area contributed by atoms with Crippen molar-refractivity contribution in [3.63, 3.8) is 0 Å². The molecule has 19 heavy (non-hydrogen) atoms. The molecule has 1 aromatic carbocycles. The molecule has 2 amide bonds. The Morgan fingerprint density at radius 3 is 2.47 bits per heavy atom. The van der Waals surface area contributed by atoms with Gasteiger partial charge in [-0.05, 0) is 37.5 Å². The van der Waals surface area contributed by atoms with Crippen molar-refractivity contribution >= 4 is 29.1 Å². The Morgan fingerprint density at radius 2 is 1.89 bits per heavy atom. The number of hydrogen-bond donors (Lipinski definition) is 2. The zero-order valence-electron chi connectivity index (χ0n) is 11.5. The number of carbonyl (C=O) groups is 2. The molecule has 1 rings (SSSR count). The van der Waals surface area contributed by atoms with Gasteiger partial charge >= 0.3 is 0 Å². The summed E-state index contributed by atoms with van der Waals surface area (Å²) < 4.78 is 0. The predicted octanol–water partition coefficient (Wildman–Crippen LogP) is 2.81. The Morgan fingerprint density at radius 1 is 1.21 bits per heavy atom. The van der Waals surface area contributed by atoms with Gasteiger partial charge in [0.05, 0.1) is 17.3 Å². The van der Waals surface area contributed by atoms with Crippen molar-refractivity contribution in [2.24, 2.45) is 0 Å². The van der Waals surface area contributed by atoms with Gasteiger partial charge in [0.15, 0.2) is 0 Å². The molecule has 0 aliphatic carbocycles. The Bertz CT molecular complexity index is 463. The maximum Gasteiger partial charge on any atom is 0.243 e. The molecule has 104 valence electrons. The first-order valence-electron chi connectivity index (χ1n) is 6.27. The number of nitrogens with one attached hydrogen (secondary N) is 2. The van der Waals surface area contributed by atoms with Crippen LogP contribution in [0.15, 0.2) is 12.1 Å². The smallest absolute Gasteiger partial charge is 0.243 e. The summed E-state index contributed by atoms with van der Waals surface area (Å²) in [6.45, 7) is 5.69. The molecule has 0 heterocycles. The van der Waals surface area contributed by atoms with Gasteiger partial charge in [-0.25, -0.2) is 0 Å². The van der Waals surface area contributed by atoms with E-state index in [0.29, 0.717) is 17.1 Å². The average Bonchev–Trinajstić information content (AvgIpc) is 2.31. The van der Waals surface area contributed by atoms with Gasteiger partial charge in [0.2, 0.25) is 11.8 Å². The number of amides is 2. The molecule has 0 aromatic heterocycles. The highest BCUT2D eigenvalue weighted by Crippen LogP contribution is 2.27. The summed E-state index contributed by atoms with van der Waals surface area (Å²) in [6.07, 6.45) is 1.19. The molecule has 0 saturated heterocycles. The Hall–Kier alpha value is -1.55. The van der Waals surface area contributed by atoms with Gasteiger partial charge in [0.25, 0.3) is 0 Å². The molecule has 0 spiro atoms. The number of anilines is 1. The molecule has 0 aliphatic rings. The van der Waals surface area contributed by atoms with E-state index in [1.165, 1.54) is 0 Å². The van der Waals surface area contributed by atoms with Crippen LogP contribution in [0.1, 0.15) is 30.9 Å². The zero-order chi connectivity index (χ0) is 14.4. The fourth-order valence-electron chi connectivity index (χ4n) is 1.75. The van der Waals surface area contributed by atoms with Crippen molar-refractivity contribution in [3.05, 3.63) is 28.3 Å². The molecule has 0 saturated carbocycles. The quantitative estimate of drug-likeness (QED) is 0.872. The van der Waals surface area contributed by atoms with Crippen LogP contribution in [0.4, 0.5) is 5.69 Å². The van der Waals surface area contributed by atoms with Crippen molar-refractivity contribution in [2.75, 3.05) is 11.9 Å². The van der Waals surface area contributed by atoms with Crippen LogP contribution in [0.2, 0.25) is 5.02 Å². The van der Waals surface area contributed by atoms with Gasteiger partial charge in [-0.1, -0.05) is 24.6 Å². The van der Waals surface area contributed by atoms with Crippen LogP contribution in [0.3, 0.4) is 0 Å². The van der Waals surface area contributed by atoms with E-state index in [1.807, 2.05) is 26.8 Å². The third-order valence-corrected chi connectivity index (χ3v) is 2.92. The highest BCUT2D eigenvalue weighted by Gasteiger charge is 2.10. The van der Waals surface area contributed by atoms with Crippen LogP contribution in [0.5, 0.6) is 0 Å². The van der Waals surface area contributed by atoms with Crippen LogP contribution in [-0.2, 0) is 9.59 Å². The van der Waals surface area contributed by atoms with Gasteiger partial charge < -0.3 is 10.6 Å². The van der Waals surface area contributed by atoms with Crippen molar-refractivity contribution in [1.82, 2.24) is 5.32 Å². The zero-order valence-corrected chi connectivity index (χ0v) is 12.2. The minimum absolute atomic E-state index is 0.0392. The van der Waals surface area contributed by atoms with E-state index in [1.54, 1.807) is 6.07 Å². The minimum Gasteiger partial charge on any atom is -0.347 e. The third-order valence-electron chi connectivity index (χ3n) is 2.62. The fourth-order valence-corrected chi connectivity index (χ4v) is 2.12. The molecule has 5 heteroatoms. The second kappa shape index (κ2) is 7.14. The van der Waals surface area contributed by atoms with Gasteiger partial charge in [-0.2, -0.15) is 0 Å². The lowest BCUT2D eigenvalue weighted by Gasteiger charge is -2.12. The number of benzene rings is 1. The van der Waals surface area contributed by atoms with Gasteiger partial charge in [-0.15, -0.1) is 0 Å². The van der Waals surface area contributed by atoms with Gasteiger partial charge in [0.1, 0.15) is 0 Å². The summed E-state index contributed by atoms with van der Waals surface area (Å²) >= 11 is 6.09. The van der Waals surface area contributed by atoms with Crippen LogP contribution < -0.4 is 10.6 Å². The van der Waals surface area contributed by atoms with E-state index in [0.717, 1.165) is 17.5 Å². The van der Waals surface area contributed by atoms with Gasteiger partial charge in [0, 0.05) is 6.42 Å². The molecule has 0 aliphatic heterocycles. The van der Waals surface area contributed by atoms with Crippen molar-refractivity contribution in [3.8, 4) is 0 Å². The molecule has 0 atom stereocenters. The monoisotopic (exact) mass is 282 g/mol. The lowest BCUT2D eigenvalue weighted by Crippen LogP contribution is -2.32. The van der Waals surface area contributed by atoms with Crippen LogP contribution in [0, 0.1) is 13.8 Å². The SMILES string of the molecule is CCCC(=O)NCC(=O)Nc1c(C)cc(C)cc1Cl. The summed E-state index contributed by atoms with van der Waals surface area (Å²) in [5.74, 6) is -0.400. The Balaban J connectivity index is 2.60. The molecule has 0 fully saturated rings. The summed E-state index contributed by atoms with van der Waals surface area (Å²) in [7, 11) is 0. The average molecular weight is 283 g/mol. The summed E-state index contributed by atoms with van der Waals surface area (Å²) in [5, 5.41) is 5.78. The number of rotatable bonds is 5. The van der Waals surface area contributed by atoms with Crippen molar-refractivity contribution in [2.45, 2.75) is 33.6 Å². The van der Waals surface area contributed by atoms with Crippen molar-refractivity contribution in [1.29, 1.82) is 0 Å². The molecular weight excluding hydrogens is 264 g/mol. The van der Waals surface area contributed by atoms with Crippen molar-refractivity contribution < 1.29 is 9.59 Å². The van der Waals surface area contributed by atoms with E-state index in [-0.39, 0.29) is 18.4 Å². The number of hydrogen-bond acceptors (Lipinski definition) is 2. The number of carbonyl (C=O) groups excluding carboxylic acids is 2. The third kappa shape index (κ3) is 4.91. The maximum absolute atomic E-state index is 11.7. The van der Waals surface area contributed by atoms with E-state index in [4.69, 9.17) is 11.6 Å². The second-order valence-electron chi connectivity index (χ2n) is 4.51. The van der Waals surface area contributed by atoms with Crippen LogP contribution in [-0.4, -0.2) is 18.4 Å². The van der Waals surface area contributed by atoms with E-state index >= 15 is 0 Å². The summed E-state index contributed by atoms with van der Waals surface area (Å²) in [5.41, 5.74) is 2.54. The van der Waals surface area contributed by atoms with E-state index in [2.05, 4.69) is 10.6 Å². The first-order valence-corrected chi connectivity index (χ1v) is 6.65. The molecule has 0 bridgehead atoms. The molecular formula is C14H19ClN2O2. The highest BCUT2D eigenvalue weighted by atomic mass is 35.5. The number of halogens is 1. The number of aryl methyl sites for hydroxylation is 2. The Kier molecular flexibility index (Phi) is 5.83. The molecule has 1 aromatic rings. The van der Waals surface area contributed by atoms with Gasteiger partial charge in [-0.3, -0.25) is 9.59 Å². The van der Waals surface area contributed by atoms with Crippen LogP contribution in [0.25, 0.3) is 0 Å². The molecule has 2 N–H and O–H groups in total. The predicted molar refractivity (Wildman–Crippen MR) is 77.5 cm³/mol. The Labute approximate surface area is 118 Å². The van der Waals surface area contributed by atoms with Crippen LogP contribution >= 0.6 is 11.6 Å². The minimum atomic E-state index is -0.279. The lowest BCUT2D eigenvalue weighted by molar-refractivity contribution is -0.124. The topological polar surface area (TPSA) is 58.2 Å². The standard InChI is InChI=1S/C14H19ClN2O2/c1-4-5-12(18)16-8-13(19)17-14-10(3)6-9(2)7-11(14)15/h6-7H,4-5,8H2,1-3H3,(H,16,18)(H,17,19). The first kappa shape index (κ1) is 15.5. The van der Waals surface area contributed by atoms with E-state index < -0.39 is 0 Å². The summed E-state index contributed by atoms with van der Waals surface area (Å²) in [4.78, 5) is 23.0. The highest BCUT2D eigenvalue weighted by molar-refractivity contribution is 6.34. The lowest BCUT2D eigenvalue weighted by atomic mass is 10.1. The largest absolute Gasteiger partial charge is 0.347 e. The molecule has 0 unspecified atom stereocenters. The summed E-state index contributed by atoms with van der Waals surface area (Å²) in [6, 6.07) is 3.73. The maximum atomic E-state index is 11.7. The second-order valence-corrected chi connectivity index (χ2v) is 4.92. The molecule has 4 nitrogen and oxygen atoms in total. The normalized spacial score (nSPS) is 10.1. The first-order chi connectivity index (χ1) is 8.93. The van der Waals surface area contributed by atoms with E-state index in [9.17, 15) is 9.59 Å². The fraction of sp³-hybridized carbons (Fsp3) is 0.429. The molecule has 0 radical (unpaired) electrons.